The highest BCUT2D eigenvalue weighted by atomic mass is 32.2. The molecule has 128 valence electrons. The normalized spacial score (nSPS) is 16.3. The minimum absolute atomic E-state index is 0.0886. The highest BCUT2D eigenvalue weighted by Gasteiger charge is 2.15. The first kappa shape index (κ1) is 18.0. The van der Waals surface area contributed by atoms with E-state index in [1.807, 2.05) is 0 Å². The maximum Gasteiger partial charge on any atom is 0.316 e. The minimum atomic E-state index is -0.448. The number of thioether (sulfide) groups is 1. The highest BCUT2D eigenvalue weighted by Crippen LogP contribution is 2.23. The summed E-state index contributed by atoms with van der Waals surface area (Å²) < 4.78 is 5.59. The zero-order chi connectivity index (χ0) is 16.5. The molecule has 0 atom stereocenters. The van der Waals surface area contributed by atoms with Crippen molar-refractivity contribution in [3.05, 3.63) is 0 Å². The van der Waals surface area contributed by atoms with E-state index in [0.29, 0.717) is 9.47 Å². The van der Waals surface area contributed by atoms with Gasteiger partial charge in [-0.3, -0.25) is 9.59 Å². The zero-order valence-corrected chi connectivity index (χ0v) is 14.6. The Morgan fingerprint density at radius 3 is 2.57 bits per heavy atom. The molecule has 0 aromatic carbocycles. The van der Waals surface area contributed by atoms with Crippen molar-refractivity contribution in [1.82, 2.24) is 15.5 Å². The van der Waals surface area contributed by atoms with Crippen LogP contribution in [0.4, 0.5) is 5.13 Å². The number of nitrogens with two attached hydrogens (primary N) is 1. The molecule has 0 saturated heterocycles. The Labute approximate surface area is 143 Å². The van der Waals surface area contributed by atoms with Gasteiger partial charge in [0, 0.05) is 6.04 Å². The molecule has 1 aliphatic rings. The van der Waals surface area contributed by atoms with Gasteiger partial charge in [0.05, 0.1) is 5.75 Å². The molecule has 0 bridgehead atoms. The number of carbonyl (C=O) groups is 2. The van der Waals surface area contributed by atoms with Gasteiger partial charge >= 0.3 is 5.97 Å². The molecule has 1 aromatic heterocycles. The van der Waals surface area contributed by atoms with E-state index in [1.165, 1.54) is 42.4 Å². The Bertz CT molecular complexity index is 516. The molecular weight excluding hydrogens is 336 g/mol. The third-order valence-corrected chi connectivity index (χ3v) is 5.43. The topological polar surface area (TPSA) is 107 Å². The van der Waals surface area contributed by atoms with Crippen LogP contribution in [0.2, 0.25) is 0 Å². The molecular formula is C14H22N4O3S2. The summed E-state index contributed by atoms with van der Waals surface area (Å²) in [4.78, 5) is 23.5. The molecule has 1 fully saturated rings. The second-order valence-electron chi connectivity index (χ2n) is 5.47. The van der Waals surface area contributed by atoms with Gasteiger partial charge in [0.1, 0.15) is 0 Å². The van der Waals surface area contributed by atoms with E-state index in [2.05, 4.69) is 15.5 Å². The van der Waals surface area contributed by atoms with Gasteiger partial charge in [-0.1, -0.05) is 55.2 Å². The molecule has 7 nitrogen and oxygen atoms in total. The van der Waals surface area contributed by atoms with Crippen LogP contribution >= 0.6 is 23.1 Å². The van der Waals surface area contributed by atoms with Crippen LogP contribution in [0.25, 0.3) is 0 Å². The lowest BCUT2D eigenvalue weighted by Crippen LogP contribution is -2.38. The number of esters is 1. The maximum atomic E-state index is 11.9. The summed E-state index contributed by atoms with van der Waals surface area (Å²) in [6.07, 6.45) is 8.06. The van der Waals surface area contributed by atoms with Gasteiger partial charge in [0.15, 0.2) is 10.9 Å². The Morgan fingerprint density at radius 2 is 1.91 bits per heavy atom. The summed E-state index contributed by atoms with van der Waals surface area (Å²) in [6.45, 7) is -0.228. The number of nitrogens with zero attached hydrogens (tertiary/aromatic N) is 2. The minimum Gasteiger partial charge on any atom is -0.455 e. The number of hydrogen-bond acceptors (Lipinski definition) is 8. The van der Waals surface area contributed by atoms with Gasteiger partial charge in [0.2, 0.25) is 5.13 Å². The van der Waals surface area contributed by atoms with Crippen molar-refractivity contribution in [2.24, 2.45) is 0 Å². The first-order valence-electron chi connectivity index (χ1n) is 7.80. The van der Waals surface area contributed by atoms with Crippen molar-refractivity contribution >= 4 is 40.1 Å². The molecule has 1 aromatic rings. The van der Waals surface area contributed by atoms with E-state index < -0.39 is 5.97 Å². The molecule has 0 radical (unpaired) electrons. The molecule has 1 heterocycles. The van der Waals surface area contributed by atoms with Crippen LogP contribution in [-0.2, 0) is 14.3 Å². The van der Waals surface area contributed by atoms with Gasteiger partial charge in [-0.05, 0) is 12.8 Å². The average Bonchev–Trinajstić information content (AvgIpc) is 2.91. The quantitative estimate of drug-likeness (QED) is 0.591. The molecule has 2 rings (SSSR count). The molecule has 0 spiro atoms. The number of anilines is 1. The lowest BCUT2D eigenvalue weighted by atomic mass is 9.97. The van der Waals surface area contributed by atoms with Crippen molar-refractivity contribution in [2.45, 2.75) is 55.3 Å². The SMILES string of the molecule is Nc1nnc(SCC(=O)OCC(=O)NC2CCCCCCC2)s1. The molecule has 1 aliphatic carbocycles. The summed E-state index contributed by atoms with van der Waals surface area (Å²) in [7, 11) is 0. The Hall–Kier alpha value is -1.35. The number of nitrogen functional groups attached to an aromatic ring is 1. The van der Waals surface area contributed by atoms with E-state index >= 15 is 0 Å². The van der Waals surface area contributed by atoms with Crippen molar-refractivity contribution < 1.29 is 14.3 Å². The first-order valence-corrected chi connectivity index (χ1v) is 9.60. The number of hydrogen-bond donors (Lipinski definition) is 2. The molecule has 3 N–H and O–H groups in total. The summed E-state index contributed by atoms with van der Waals surface area (Å²) >= 11 is 2.41. The number of carbonyl (C=O) groups excluding carboxylic acids is 2. The second kappa shape index (κ2) is 9.71. The summed E-state index contributed by atoms with van der Waals surface area (Å²) in [5.41, 5.74) is 5.46. The van der Waals surface area contributed by atoms with Crippen LogP contribution in [0.15, 0.2) is 4.34 Å². The fourth-order valence-corrected chi connectivity index (χ4v) is 3.89. The fourth-order valence-electron chi connectivity index (χ4n) is 2.46. The summed E-state index contributed by atoms with van der Waals surface area (Å²) in [5, 5.41) is 10.8. The summed E-state index contributed by atoms with van der Waals surface area (Å²) in [5.74, 6) is -0.587. The van der Waals surface area contributed by atoms with E-state index in [9.17, 15) is 9.59 Å². The molecule has 0 unspecified atom stereocenters. The Kier molecular flexibility index (Phi) is 7.60. The first-order chi connectivity index (χ1) is 11.1. The highest BCUT2D eigenvalue weighted by molar-refractivity contribution is 8.01. The van der Waals surface area contributed by atoms with E-state index in [4.69, 9.17) is 10.5 Å². The number of aromatic nitrogens is 2. The van der Waals surface area contributed by atoms with E-state index in [1.54, 1.807) is 0 Å². The Balaban J connectivity index is 1.61. The van der Waals surface area contributed by atoms with Crippen LogP contribution in [0.3, 0.4) is 0 Å². The predicted octanol–water partition coefficient (Wildman–Crippen LogP) is 1.98. The van der Waals surface area contributed by atoms with Crippen LogP contribution in [0.1, 0.15) is 44.9 Å². The Morgan fingerprint density at radius 1 is 1.22 bits per heavy atom. The van der Waals surface area contributed by atoms with Gasteiger partial charge in [0.25, 0.3) is 5.91 Å². The molecule has 1 saturated carbocycles. The van der Waals surface area contributed by atoms with E-state index in [-0.39, 0.29) is 24.3 Å². The largest absolute Gasteiger partial charge is 0.455 e. The average molecular weight is 358 g/mol. The van der Waals surface area contributed by atoms with Gasteiger partial charge < -0.3 is 15.8 Å². The lowest BCUT2D eigenvalue weighted by molar-refractivity contribution is -0.146. The third-order valence-electron chi connectivity index (χ3n) is 3.57. The third kappa shape index (κ3) is 7.17. The number of nitrogens with one attached hydrogen (secondary N) is 1. The van der Waals surface area contributed by atoms with Crippen LogP contribution in [0.5, 0.6) is 0 Å². The van der Waals surface area contributed by atoms with Crippen LogP contribution < -0.4 is 11.1 Å². The smallest absolute Gasteiger partial charge is 0.316 e. The van der Waals surface area contributed by atoms with Gasteiger partial charge in [-0.25, -0.2) is 0 Å². The molecule has 1 amide bonds. The molecule has 0 aliphatic heterocycles. The van der Waals surface area contributed by atoms with Crippen molar-refractivity contribution in [3.8, 4) is 0 Å². The van der Waals surface area contributed by atoms with Gasteiger partial charge in [-0.2, -0.15) is 0 Å². The molecule has 9 heteroatoms. The second-order valence-corrected chi connectivity index (χ2v) is 7.70. The van der Waals surface area contributed by atoms with Crippen LogP contribution in [-0.4, -0.2) is 40.5 Å². The van der Waals surface area contributed by atoms with Gasteiger partial charge in [-0.15, -0.1) is 10.2 Å². The van der Waals surface area contributed by atoms with Crippen LogP contribution in [0, 0.1) is 0 Å². The van der Waals surface area contributed by atoms with E-state index in [0.717, 1.165) is 25.7 Å². The van der Waals surface area contributed by atoms with Crippen molar-refractivity contribution in [3.63, 3.8) is 0 Å². The number of ether oxygens (including phenoxy) is 1. The van der Waals surface area contributed by atoms with Crippen molar-refractivity contribution in [2.75, 3.05) is 18.1 Å². The summed E-state index contributed by atoms with van der Waals surface area (Å²) in [6, 6.07) is 0.209. The lowest BCUT2D eigenvalue weighted by Gasteiger charge is -2.20. The zero-order valence-electron chi connectivity index (χ0n) is 13.0. The standard InChI is InChI=1S/C14H22N4O3S2/c15-13-17-18-14(23-13)22-9-12(20)21-8-11(19)16-10-6-4-2-1-3-5-7-10/h10H,1-9H2,(H2,15,17)(H,16,19). The maximum absolute atomic E-state index is 11.9. The monoisotopic (exact) mass is 358 g/mol. The van der Waals surface area contributed by atoms with Crippen molar-refractivity contribution in [1.29, 1.82) is 0 Å². The predicted molar refractivity (Wildman–Crippen MR) is 90.3 cm³/mol. The number of amides is 1. The molecule has 23 heavy (non-hydrogen) atoms. The number of rotatable bonds is 6. The fraction of sp³-hybridized carbons (Fsp3) is 0.714.